The molecule has 1 amide bonds. The average Bonchev–Trinajstić information content (AvgIpc) is 2.81. The molecule has 7 heteroatoms. The molecule has 0 aromatic carbocycles. The molecule has 0 fully saturated rings. The van der Waals surface area contributed by atoms with E-state index in [9.17, 15) is 4.79 Å². The predicted octanol–water partition coefficient (Wildman–Crippen LogP) is 2.93. The van der Waals surface area contributed by atoms with Crippen LogP contribution in [0.2, 0.25) is 0 Å². The van der Waals surface area contributed by atoms with E-state index in [4.69, 9.17) is 4.74 Å². The van der Waals surface area contributed by atoms with Crippen molar-refractivity contribution in [1.82, 2.24) is 20.3 Å². The van der Waals surface area contributed by atoms with E-state index in [-0.39, 0.29) is 6.54 Å². The highest BCUT2D eigenvalue weighted by Gasteiger charge is 2.16. The van der Waals surface area contributed by atoms with Crippen molar-refractivity contribution in [3.05, 3.63) is 29.4 Å². The van der Waals surface area contributed by atoms with E-state index in [0.717, 1.165) is 16.1 Å². The fourth-order valence-electron chi connectivity index (χ4n) is 1.61. The zero-order valence-electron chi connectivity index (χ0n) is 12.5. The van der Waals surface area contributed by atoms with Crippen LogP contribution in [0.15, 0.2) is 17.9 Å². The minimum Gasteiger partial charge on any atom is -0.444 e. The Morgan fingerprint density at radius 1 is 1.29 bits per heavy atom. The molecule has 0 aliphatic heterocycles. The molecule has 0 atom stereocenters. The van der Waals surface area contributed by atoms with Gasteiger partial charge in [-0.05, 0) is 27.7 Å². The third-order valence-corrected chi connectivity index (χ3v) is 3.48. The second-order valence-corrected chi connectivity index (χ2v) is 6.37. The van der Waals surface area contributed by atoms with Crippen molar-refractivity contribution in [2.75, 3.05) is 0 Å². The van der Waals surface area contributed by atoms with E-state index in [1.165, 1.54) is 0 Å². The maximum Gasteiger partial charge on any atom is 0.408 e. The molecule has 1 N–H and O–H groups in total. The third-order valence-electron chi connectivity index (χ3n) is 2.50. The zero-order chi connectivity index (χ0) is 15.5. The largest absolute Gasteiger partial charge is 0.444 e. The fourth-order valence-corrected chi connectivity index (χ4v) is 2.39. The Labute approximate surface area is 127 Å². The van der Waals surface area contributed by atoms with E-state index < -0.39 is 11.7 Å². The number of nitrogens with one attached hydrogen (secondary N) is 1. The summed E-state index contributed by atoms with van der Waals surface area (Å²) in [5.41, 5.74) is 3.17. The van der Waals surface area contributed by atoms with Gasteiger partial charge in [0.2, 0.25) is 0 Å². The standard InChI is InChI=1S/C14H18N4O2S/c1-9-12(21-8-18-9)10-5-15-11(16-6-10)7-17-13(19)20-14(2,3)4/h5-6,8H,7H2,1-4H3,(H,17,19). The van der Waals surface area contributed by atoms with Crippen molar-refractivity contribution < 1.29 is 9.53 Å². The van der Waals surface area contributed by atoms with Gasteiger partial charge in [0, 0.05) is 18.0 Å². The second-order valence-electron chi connectivity index (χ2n) is 5.51. The number of hydrogen-bond acceptors (Lipinski definition) is 6. The molecule has 112 valence electrons. The highest BCUT2D eigenvalue weighted by molar-refractivity contribution is 7.13. The molecular formula is C14H18N4O2S. The Kier molecular flexibility index (Phi) is 4.52. The van der Waals surface area contributed by atoms with Gasteiger partial charge in [0.1, 0.15) is 11.4 Å². The topological polar surface area (TPSA) is 77.0 Å². The number of ether oxygens (including phenoxy) is 1. The summed E-state index contributed by atoms with van der Waals surface area (Å²) in [6.45, 7) is 7.63. The predicted molar refractivity (Wildman–Crippen MR) is 81.0 cm³/mol. The highest BCUT2D eigenvalue weighted by Crippen LogP contribution is 2.25. The lowest BCUT2D eigenvalue weighted by molar-refractivity contribution is 0.0522. The molecule has 0 bridgehead atoms. The van der Waals surface area contributed by atoms with Gasteiger partial charge in [-0.1, -0.05) is 0 Å². The second kappa shape index (κ2) is 6.17. The molecule has 21 heavy (non-hydrogen) atoms. The van der Waals surface area contributed by atoms with Gasteiger partial charge in [0.25, 0.3) is 0 Å². The SMILES string of the molecule is Cc1ncsc1-c1cnc(CNC(=O)OC(C)(C)C)nc1. The van der Waals surface area contributed by atoms with Gasteiger partial charge >= 0.3 is 6.09 Å². The smallest absolute Gasteiger partial charge is 0.408 e. The van der Waals surface area contributed by atoms with Gasteiger partial charge in [0.15, 0.2) is 0 Å². The lowest BCUT2D eigenvalue weighted by atomic mass is 10.2. The molecule has 0 radical (unpaired) electrons. The van der Waals surface area contributed by atoms with Crippen LogP contribution in [0.1, 0.15) is 32.3 Å². The molecule has 2 rings (SSSR count). The van der Waals surface area contributed by atoms with Gasteiger partial charge < -0.3 is 10.1 Å². The quantitative estimate of drug-likeness (QED) is 0.943. The molecule has 2 heterocycles. The number of nitrogens with zero attached hydrogens (tertiary/aromatic N) is 3. The summed E-state index contributed by atoms with van der Waals surface area (Å²) in [7, 11) is 0. The summed E-state index contributed by atoms with van der Waals surface area (Å²) in [6, 6.07) is 0. The Bertz CT molecular complexity index is 617. The molecule has 6 nitrogen and oxygen atoms in total. The number of carbonyl (C=O) groups is 1. The van der Waals surface area contributed by atoms with Crippen molar-refractivity contribution in [2.45, 2.75) is 39.8 Å². The minimum atomic E-state index is -0.515. The number of aromatic nitrogens is 3. The number of amides is 1. The number of hydrogen-bond donors (Lipinski definition) is 1. The first-order valence-corrected chi connectivity index (χ1v) is 7.41. The fraction of sp³-hybridized carbons (Fsp3) is 0.429. The van der Waals surface area contributed by atoms with Crippen LogP contribution in [0.5, 0.6) is 0 Å². The van der Waals surface area contributed by atoms with E-state index >= 15 is 0 Å². The van der Waals surface area contributed by atoms with Gasteiger partial charge in [-0.3, -0.25) is 0 Å². The molecule has 0 aliphatic rings. The molecule has 0 aliphatic carbocycles. The highest BCUT2D eigenvalue weighted by atomic mass is 32.1. The van der Waals surface area contributed by atoms with Gasteiger partial charge in [-0.25, -0.2) is 19.7 Å². The van der Waals surface area contributed by atoms with Crippen LogP contribution in [0.4, 0.5) is 4.79 Å². The van der Waals surface area contributed by atoms with Crippen LogP contribution >= 0.6 is 11.3 Å². The lowest BCUT2D eigenvalue weighted by Gasteiger charge is -2.19. The van der Waals surface area contributed by atoms with Crippen LogP contribution < -0.4 is 5.32 Å². The molecule has 2 aromatic heterocycles. The summed E-state index contributed by atoms with van der Waals surface area (Å²) < 4.78 is 5.15. The maximum atomic E-state index is 11.5. The summed E-state index contributed by atoms with van der Waals surface area (Å²) in [5, 5.41) is 2.63. The van der Waals surface area contributed by atoms with E-state index in [2.05, 4.69) is 20.3 Å². The van der Waals surface area contributed by atoms with Crippen LogP contribution in [-0.2, 0) is 11.3 Å². The van der Waals surface area contributed by atoms with Crippen LogP contribution in [0, 0.1) is 6.92 Å². The zero-order valence-corrected chi connectivity index (χ0v) is 13.3. The van der Waals surface area contributed by atoms with Crippen LogP contribution in [-0.4, -0.2) is 26.6 Å². The maximum absolute atomic E-state index is 11.5. The molecule has 2 aromatic rings. The average molecular weight is 306 g/mol. The van der Waals surface area contributed by atoms with Gasteiger partial charge in [-0.2, -0.15) is 0 Å². The Hall–Kier alpha value is -2.02. The van der Waals surface area contributed by atoms with Crippen LogP contribution in [0.25, 0.3) is 10.4 Å². The first-order valence-electron chi connectivity index (χ1n) is 6.53. The minimum absolute atomic E-state index is 0.233. The number of rotatable bonds is 3. The van der Waals surface area contributed by atoms with Crippen molar-refractivity contribution >= 4 is 17.4 Å². The van der Waals surface area contributed by atoms with Crippen molar-refractivity contribution in [1.29, 1.82) is 0 Å². The molecule has 0 unspecified atom stereocenters. The summed E-state index contributed by atoms with van der Waals surface area (Å²) in [4.78, 5) is 25.3. The van der Waals surface area contributed by atoms with Crippen LogP contribution in [0.3, 0.4) is 0 Å². The third kappa shape index (κ3) is 4.49. The molecule has 0 spiro atoms. The molecular weight excluding hydrogens is 288 g/mol. The van der Waals surface area contributed by atoms with E-state index in [1.807, 2.05) is 27.7 Å². The number of alkyl carbamates (subject to hydrolysis) is 1. The normalized spacial score (nSPS) is 11.2. The summed E-state index contributed by atoms with van der Waals surface area (Å²) in [5.74, 6) is 0.534. The Balaban J connectivity index is 1.94. The summed E-state index contributed by atoms with van der Waals surface area (Å²) >= 11 is 1.55. The summed E-state index contributed by atoms with van der Waals surface area (Å²) in [6.07, 6.45) is 2.99. The number of thiazole rings is 1. The first kappa shape index (κ1) is 15.4. The molecule has 0 saturated carbocycles. The lowest BCUT2D eigenvalue weighted by Crippen LogP contribution is -2.32. The number of aryl methyl sites for hydroxylation is 1. The van der Waals surface area contributed by atoms with E-state index in [1.54, 1.807) is 29.2 Å². The van der Waals surface area contributed by atoms with Crippen molar-refractivity contribution in [3.8, 4) is 10.4 Å². The van der Waals surface area contributed by atoms with E-state index in [0.29, 0.717) is 5.82 Å². The Morgan fingerprint density at radius 2 is 1.95 bits per heavy atom. The monoisotopic (exact) mass is 306 g/mol. The first-order chi connectivity index (χ1) is 9.85. The van der Waals surface area contributed by atoms with Gasteiger partial charge in [0.05, 0.1) is 22.6 Å². The molecule has 0 saturated heterocycles. The Morgan fingerprint density at radius 3 is 2.48 bits per heavy atom. The van der Waals surface area contributed by atoms with Crippen molar-refractivity contribution in [2.24, 2.45) is 0 Å². The number of carbonyl (C=O) groups excluding carboxylic acids is 1. The van der Waals surface area contributed by atoms with Crippen molar-refractivity contribution in [3.63, 3.8) is 0 Å². The van der Waals surface area contributed by atoms with Gasteiger partial charge in [-0.15, -0.1) is 11.3 Å².